The molecule has 0 N–H and O–H groups in total. The highest BCUT2D eigenvalue weighted by Crippen LogP contribution is 2.13. The van der Waals surface area contributed by atoms with Crippen LogP contribution in [0.1, 0.15) is 168 Å². The van der Waals surface area contributed by atoms with Crippen LogP contribution in [0.4, 0.5) is 0 Å². The third kappa shape index (κ3) is 25.8. The van der Waals surface area contributed by atoms with E-state index < -0.39 is 0 Å². The van der Waals surface area contributed by atoms with Crippen molar-refractivity contribution in [2.45, 2.75) is 181 Å². The van der Waals surface area contributed by atoms with Gasteiger partial charge in [-0.15, -0.1) is 0 Å². The minimum atomic E-state index is 0.141. The van der Waals surface area contributed by atoms with E-state index in [0.717, 1.165) is 19.8 Å². The molecule has 1 heterocycles. The van der Waals surface area contributed by atoms with Gasteiger partial charge in [0.15, 0.2) is 18.9 Å². The first-order valence-electron chi connectivity index (χ1n) is 17.5. The minimum absolute atomic E-state index is 0.141. The van der Waals surface area contributed by atoms with Crippen molar-refractivity contribution in [3.05, 3.63) is 30.6 Å². The van der Waals surface area contributed by atoms with E-state index in [-0.39, 0.29) is 6.10 Å². The fraction of sp³-hybridized carbons (Fsp3) is 0.861. The molecule has 0 aliphatic rings. The topological polar surface area (TPSA) is 22.3 Å². The highest BCUT2D eigenvalue weighted by molar-refractivity contribution is 4.83. The van der Waals surface area contributed by atoms with Crippen molar-refractivity contribution in [1.82, 2.24) is 0 Å². The summed E-state index contributed by atoms with van der Waals surface area (Å²) in [5.41, 5.74) is 0. The molecule has 0 aliphatic heterocycles. The van der Waals surface area contributed by atoms with Crippen molar-refractivity contribution >= 4 is 0 Å². The standard InChI is InChI=1S/C36H68NO2/c1-3-5-7-9-11-13-15-17-19-21-23-28-32-38-35-36(34-37-30-26-25-27-31-37)39-33-29-24-22-20-18-16-14-12-10-8-6-4-2/h25-27,30-31,36H,3-24,28-29,32-35H2,1-2H3/q+1. The Labute approximate surface area is 244 Å². The van der Waals surface area contributed by atoms with E-state index >= 15 is 0 Å². The van der Waals surface area contributed by atoms with Gasteiger partial charge in [0.05, 0.1) is 6.61 Å². The third-order valence-corrected chi connectivity index (χ3v) is 7.99. The Kier molecular flexibility index (Phi) is 27.8. The van der Waals surface area contributed by atoms with Gasteiger partial charge >= 0.3 is 0 Å². The second-order valence-corrected chi connectivity index (χ2v) is 11.9. The fourth-order valence-corrected chi connectivity index (χ4v) is 5.40. The second kappa shape index (κ2) is 30.0. The van der Waals surface area contributed by atoms with Gasteiger partial charge in [-0.3, -0.25) is 0 Å². The molecule has 1 aromatic rings. The van der Waals surface area contributed by atoms with Gasteiger partial charge in [0.1, 0.15) is 6.10 Å². The van der Waals surface area contributed by atoms with Crippen LogP contribution in [0.15, 0.2) is 30.6 Å². The summed E-state index contributed by atoms with van der Waals surface area (Å²) in [6, 6.07) is 6.26. The van der Waals surface area contributed by atoms with Gasteiger partial charge in [0.2, 0.25) is 0 Å². The lowest BCUT2D eigenvalue weighted by molar-refractivity contribution is -0.704. The lowest BCUT2D eigenvalue weighted by Crippen LogP contribution is -2.42. The monoisotopic (exact) mass is 547 g/mol. The smallest absolute Gasteiger partial charge is 0.176 e. The van der Waals surface area contributed by atoms with Crippen molar-refractivity contribution in [2.24, 2.45) is 0 Å². The van der Waals surface area contributed by atoms with Crippen molar-refractivity contribution in [3.8, 4) is 0 Å². The van der Waals surface area contributed by atoms with Crippen molar-refractivity contribution < 1.29 is 14.0 Å². The summed E-state index contributed by atoms with van der Waals surface area (Å²) in [4.78, 5) is 0. The van der Waals surface area contributed by atoms with Gasteiger partial charge < -0.3 is 9.47 Å². The molecule has 1 rings (SSSR count). The maximum absolute atomic E-state index is 6.31. The number of hydrogen-bond donors (Lipinski definition) is 0. The number of rotatable bonds is 31. The molecule has 0 fully saturated rings. The maximum Gasteiger partial charge on any atom is 0.176 e. The average molecular weight is 547 g/mol. The van der Waals surface area contributed by atoms with Crippen molar-refractivity contribution in [2.75, 3.05) is 19.8 Å². The van der Waals surface area contributed by atoms with Gasteiger partial charge in [0, 0.05) is 25.3 Å². The quantitative estimate of drug-likeness (QED) is 0.0682. The van der Waals surface area contributed by atoms with Crippen LogP contribution in [0.3, 0.4) is 0 Å². The Morgan fingerprint density at radius 1 is 0.462 bits per heavy atom. The Morgan fingerprint density at radius 3 is 1.28 bits per heavy atom. The molecule has 0 aliphatic carbocycles. The van der Waals surface area contributed by atoms with Gasteiger partial charge in [-0.1, -0.05) is 161 Å². The van der Waals surface area contributed by atoms with Crippen LogP contribution in [-0.2, 0) is 16.0 Å². The van der Waals surface area contributed by atoms with E-state index in [1.807, 2.05) is 0 Å². The number of pyridine rings is 1. The molecule has 0 bridgehead atoms. The average Bonchev–Trinajstić information content (AvgIpc) is 2.96. The molecule has 1 unspecified atom stereocenters. The maximum atomic E-state index is 6.31. The molecule has 1 aromatic heterocycles. The van der Waals surface area contributed by atoms with E-state index in [1.54, 1.807) is 0 Å². The van der Waals surface area contributed by atoms with E-state index in [9.17, 15) is 0 Å². The van der Waals surface area contributed by atoms with Crippen molar-refractivity contribution in [3.63, 3.8) is 0 Å². The zero-order valence-corrected chi connectivity index (χ0v) is 26.5. The molecule has 0 saturated heterocycles. The first kappa shape index (κ1) is 36.1. The molecule has 0 aromatic carbocycles. The summed E-state index contributed by atoms with van der Waals surface area (Å²) in [6.45, 7) is 7.90. The molecule has 0 amide bonds. The van der Waals surface area contributed by atoms with Crippen LogP contribution in [0, 0.1) is 0 Å². The zero-order chi connectivity index (χ0) is 27.9. The number of ether oxygens (including phenoxy) is 2. The second-order valence-electron chi connectivity index (χ2n) is 11.9. The summed E-state index contributed by atoms with van der Waals surface area (Å²) in [7, 11) is 0. The molecule has 1 atom stereocenters. The molecular weight excluding hydrogens is 478 g/mol. The first-order chi connectivity index (χ1) is 19.4. The minimum Gasteiger partial charge on any atom is -0.378 e. The van der Waals surface area contributed by atoms with E-state index in [2.05, 4.69) is 49.0 Å². The van der Waals surface area contributed by atoms with Crippen LogP contribution >= 0.6 is 0 Å². The molecule has 228 valence electrons. The van der Waals surface area contributed by atoms with Gasteiger partial charge in [-0.05, 0) is 12.8 Å². The normalized spacial score (nSPS) is 12.3. The zero-order valence-electron chi connectivity index (χ0n) is 26.5. The molecule has 0 spiro atoms. The van der Waals surface area contributed by atoms with E-state index in [4.69, 9.17) is 9.47 Å². The summed E-state index contributed by atoms with van der Waals surface area (Å²) < 4.78 is 14.6. The van der Waals surface area contributed by atoms with E-state index in [0.29, 0.717) is 6.61 Å². The molecule has 3 nitrogen and oxygen atoms in total. The first-order valence-corrected chi connectivity index (χ1v) is 17.5. The molecule has 39 heavy (non-hydrogen) atoms. The highest BCUT2D eigenvalue weighted by Gasteiger charge is 2.15. The lowest BCUT2D eigenvalue weighted by Gasteiger charge is -2.16. The Morgan fingerprint density at radius 2 is 0.846 bits per heavy atom. The number of hydrogen-bond acceptors (Lipinski definition) is 2. The summed E-state index contributed by atoms with van der Waals surface area (Å²) in [6.07, 6.45) is 37.6. The summed E-state index contributed by atoms with van der Waals surface area (Å²) in [5, 5.41) is 0. The fourth-order valence-electron chi connectivity index (χ4n) is 5.40. The van der Waals surface area contributed by atoms with Gasteiger partial charge in [0.25, 0.3) is 0 Å². The molecular formula is C36H68NO2+. The predicted octanol–water partition coefficient (Wildman–Crippen LogP) is 10.8. The van der Waals surface area contributed by atoms with Crippen LogP contribution in [0.5, 0.6) is 0 Å². The largest absolute Gasteiger partial charge is 0.378 e. The van der Waals surface area contributed by atoms with Crippen molar-refractivity contribution in [1.29, 1.82) is 0 Å². The van der Waals surface area contributed by atoms with E-state index in [1.165, 1.54) is 154 Å². The van der Waals surface area contributed by atoms with Crippen LogP contribution < -0.4 is 4.57 Å². The van der Waals surface area contributed by atoms with Crippen LogP contribution in [-0.4, -0.2) is 25.9 Å². The number of nitrogens with zero attached hydrogens (tertiary/aromatic N) is 1. The number of aromatic nitrogens is 1. The molecule has 0 radical (unpaired) electrons. The Hall–Kier alpha value is -0.930. The Bertz CT molecular complexity index is 579. The summed E-state index contributed by atoms with van der Waals surface area (Å²) >= 11 is 0. The third-order valence-electron chi connectivity index (χ3n) is 7.99. The summed E-state index contributed by atoms with van der Waals surface area (Å²) in [5.74, 6) is 0. The van der Waals surface area contributed by atoms with Crippen LogP contribution in [0.2, 0.25) is 0 Å². The highest BCUT2D eigenvalue weighted by atomic mass is 16.5. The SMILES string of the molecule is CCCCCCCCCCCCCCOCC(C[n+]1ccccc1)OCCCCCCCCCCCCCC. The predicted molar refractivity (Wildman–Crippen MR) is 169 cm³/mol. The molecule has 0 saturated carbocycles. The van der Waals surface area contributed by atoms with Gasteiger partial charge in [-0.2, -0.15) is 0 Å². The van der Waals surface area contributed by atoms with Crippen LogP contribution in [0.25, 0.3) is 0 Å². The molecule has 3 heteroatoms. The lowest BCUT2D eigenvalue weighted by atomic mass is 10.1. The Balaban J connectivity index is 2.02. The number of unbranched alkanes of at least 4 members (excludes halogenated alkanes) is 22. The van der Waals surface area contributed by atoms with Gasteiger partial charge in [-0.25, -0.2) is 4.57 Å².